The van der Waals surface area contributed by atoms with E-state index < -0.39 is 4.92 Å². The number of carbonyl (C=O) groups is 1. The summed E-state index contributed by atoms with van der Waals surface area (Å²) in [6, 6.07) is 14.2. The van der Waals surface area contributed by atoms with Gasteiger partial charge in [0.15, 0.2) is 0 Å². The predicted octanol–water partition coefficient (Wildman–Crippen LogP) is 3.81. The number of non-ortho nitro benzene ring substituents is 1. The molecule has 6 nitrogen and oxygen atoms in total. The average Bonchev–Trinajstić information content (AvgIpc) is 3.50. The quantitative estimate of drug-likeness (QED) is 0.431. The molecule has 0 aromatic heterocycles. The highest BCUT2D eigenvalue weighted by atomic mass is 16.6. The van der Waals surface area contributed by atoms with Crippen LogP contribution in [0.3, 0.4) is 0 Å². The lowest BCUT2D eigenvalue weighted by atomic mass is 10.1. The van der Waals surface area contributed by atoms with Crippen molar-refractivity contribution in [2.45, 2.75) is 25.4 Å². The highest BCUT2D eigenvalue weighted by Crippen LogP contribution is 2.29. The Labute approximate surface area is 151 Å². The van der Waals surface area contributed by atoms with Gasteiger partial charge in [0.05, 0.1) is 12.0 Å². The molecule has 0 radical (unpaired) electrons. The van der Waals surface area contributed by atoms with Crippen LogP contribution in [0.25, 0.3) is 6.08 Å². The molecule has 1 aliphatic rings. The maximum absolute atomic E-state index is 12.6. The zero-order valence-electron chi connectivity index (χ0n) is 14.5. The van der Waals surface area contributed by atoms with Crippen LogP contribution in [-0.2, 0) is 11.3 Å². The molecule has 0 saturated heterocycles. The molecule has 2 aromatic carbocycles. The minimum Gasteiger partial charge on any atom is -0.497 e. The van der Waals surface area contributed by atoms with Crippen LogP contribution in [0, 0.1) is 10.1 Å². The lowest BCUT2D eigenvalue weighted by Gasteiger charge is -2.21. The Morgan fingerprint density at radius 2 is 2.00 bits per heavy atom. The van der Waals surface area contributed by atoms with Gasteiger partial charge in [-0.1, -0.05) is 24.3 Å². The Hall–Kier alpha value is -3.15. The summed E-state index contributed by atoms with van der Waals surface area (Å²) in [5.41, 5.74) is 1.68. The molecule has 0 unspecified atom stereocenters. The second-order valence-electron chi connectivity index (χ2n) is 6.23. The first-order valence-corrected chi connectivity index (χ1v) is 8.43. The largest absolute Gasteiger partial charge is 0.497 e. The Kier molecular flexibility index (Phi) is 5.31. The van der Waals surface area contributed by atoms with E-state index >= 15 is 0 Å². The Balaban J connectivity index is 1.70. The Morgan fingerprint density at radius 1 is 1.27 bits per heavy atom. The number of rotatable bonds is 7. The molecule has 6 heteroatoms. The van der Waals surface area contributed by atoms with Gasteiger partial charge in [-0.2, -0.15) is 0 Å². The second kappa shape index (κ2) is 7.82. The van der Waals surface area contributed by atoms with E-state index in [1.165, 1.54) is 18.2 Å². The zero-order valence-corrected chi connectivity index (χ0v) is 14.5. The number of amides is 1. The molecule has 0 aliphatic heterocycles. The minimum absolute atomic E-state index is 0.0110. The highest BCUT2D eigenvalue weighted by molar-refractivity contribution is 5.92. The van der Waals surface area contributed by atoms with Gasteiger partial charge >= 0.3 is 0 Å². The van der Waals surface area contributed by atoms with Crippen molar-refractivity contribution < 1.29 is 14.5 Å². The summed E-state index contributed by atoms with van der Waals surface area (Å²) in [6.07, 6.45) is 5.12. The molecule has 134 valence electrons. The van der Waals surface area contributed by atoms with Crippen molar-refractivity contribution in [2.75, 3.05) is 7.11 Å². The number of benzene rings is 2. The number of hydrogen-bond donors (Lipinski definition) is 0. The van der Waals surface area contributed by atoms with Crippen molar-refractivity contribution in [3.8, 4) is 5.75 Å². The molecular formula is C20H20N2O4. The first-order chi connectivity index (χ1) is 12.6. The van der Waals surface area contributed by atoms with Crippen LogP contribution in [0.2, 0.25) is 0 Å². The SMILES string of the molecule is COc1ccc(CN(C(=O)/C=C/c2cccc([N+](=O)[O-])c2)C2CC2)cc1. The van der Waals surface area contributed by atoms with Gasteiger partial charge in [-0.3, -0.25) is 14.9 Å². The van der Waals surface area contributed by atoms with Crippen molar-refractivity contribution >= 4 is 17.7 Å². The molecule has 0 bridgehead atoms. The van der Waals surface area contributed by atoms with Crippen LogP contribution in [-0.4, -0.2) is 28.9 Å². The molecular weight excluding hydrogens is 332 g/mol. The molecule has 1 fully saturated rings. The summed E-state index contributed by atoms with van der Waals surface area (Å²) in [6.45, 7) is 0.534. The highest BCUT2D eigenvalue weighted by Gasteiger charge is 2.31. The molecule has 26 heavy (non-hydrogen) atoms. The van der Waals surface area contributed by atoms with Crippen molar-refractivity contribution in [1.29, 1.82) is 0 Å². The summed E-state index contributed by atoms with van der Waals surface area (Å²) < 4.78 is 5.16. The van der Waals surface area contributed by atoms with E-state index in [0.717, 1.165) is 24.2 Å². The summed E-state index contributed by atoms with van der Waals surface area (Å²) in [4.78, 5) is 24.9. The number of hydrogen-bond acceptors (Lipinski definition) is 4. The number of ether oxygens (including phenoxy) is 1. The third-order valence-corrected chi connectivity index (χ3v) is 4.28. The first kappa shape index (κ1) is 17.7. The molecule has 0 heterocycles. The van der Waals surface area contributed by atoms with Gasteiger partial charge in [-0.05, 0) is 42.2 Å². The van der Waals surface area contributed by atoms with E-state index in [9.17, 15) is 14.9 Å². The van der Waals surface area contributed by atoms with Crippen LogP contribution in [0.1, 0.15) is 24.0 Å². The fourth-order valence-electron chi connectivity index (χ4n) is 2.71. The summed E-state index contributed by atoms with van der Waals surface area (Å²) in [5.74, 6) is 0.693. The topological polar surface area (TPSA) is 72.7 Å². The van der Waals surface area contributed by atoms with Crippen LogP contribution >= 0.6 is 0 Å². The maximum atomic E-state index is 12.6. The zero-order chi connectivity index (χ0) is 18.5. The van der Waals surface area contributed by atoms with Gasteiger partial charge in [0.25, 0.3) is 5.69 Å². The Morgan fingerprint density at radius 3 is 2.62 bits per heavy atom. The molecule has 2 aromatic rings. The molecule has 1 aliphatic carbocycles. The van der Waals surface area contributed by atoms with E-state index in [2.05, 4.69) is 0 Å². The maximum Gasteiger partial charge on any atom is 0.270 e. The number of carbonyl (C=O) groups excluding carboxylic acids is 1. The summed E-state index contributed by atoms with van der Waals surface area (Å²) >= 11 is 0. The number of methoxy groups -OCH3 is 1. The molecule has 0 N–H and O–H groups in total. The van der Waals surface area contributed by atoms with Crippen molar-refractivity contribution in [2.24, 2.45) is 0 Å². The van der Waals surface area contributed by atoms with E-state index in [1.807, 2.05) is 29.2 Å². The van der Waals surface area contributed by atoms with Gasteiger partial charge in [0.1, 0.15) is 5.75 Å². The van der Waals surface area contributed by atoms with Crippen LogP contribution in [0.5, 0.6) is 5.75 Å². The van der Waals surface area contributed by atoms with Crippen molar-refractivity contribution in [3.05, 3.63) is 75.8 Å². The monoisotopic (exact) mass is 352 g/mol. The number of nitro benzene ring substituents is 1. The van der Waals surface area contributed by atoms with Gasteiger partial charge in [-0.25, -0.2) is 0 Å². The Bertz CT molecular complexity index is 826. The van der Waals surface area contributed by atoms with Crippen LogP contribution in [0.15, 0.2) is 54.6 Å². The fraction of sp³-hybridized carbons (Fsp3) is 0.250. The minimum atomic E-state index is -0.445. The molecule has 0 spiro atoms. The number of nitrogens with zero attached hydrogens (tertiary/aromatic N) is 2. The smallest absolute Gasteiger partial charge is 0.270 e. The van der Waals surface area contributed by atoms with E-state index in [4.69, 9.17) is 4.74 Å². The van der Waals surface area contributed by atoms with Gasteiger partial charge < -0.3 is 9.64 Å². The van der Waals surface area contributed by atoms with E-state index in [0.29, 0.717) is 12.1 Å². The molecule has 3 rings (SSSR count). The number of nitro groups is 1. The fourth-order valence-corrected chi connectivity index (χ4v) is 2.71. The standard InChI is InChI=1S/C20H20N2O4/c1-26-19-10-5-16(6-11-19)14-21(17-8-9-17)20(23)12-7-15-3-2-4-18(13-15)22(24)25/h2-7,10-13,17H,8-9,14H2,1H3/b12-7+. The van der Waals surface area contributed by atoms with E-state index in [1.54, 1.807) is 25.3 Å². The first-order valence-electron chi connectivity index (χ1n) is 8.43. The van der Waals surface area contributed by atoms with Gasteiger partial charge in [0.2, 0.25) is 5.91 Å². The molecule has 1 saturated carbocycles. The predicted molar refractivity (Wildman–Crippen MR) is 98.7 cm³/mol. The van der Waals surface area contributed by atoms with Gasteiger partial charge in [0, 0.05) is 30.8 Å². The third kappa shape index (κ3) is 4.47. The molecule has 0 atom stereocenters. The van der Waals surface area contributed by atoms with Crippen molar-refractivity contribution in [3.63, 3.8) is 0 Å². The van der Waals surface area contributed by atoms with Gasteiger partial charge in [-0.15, -0.1) is 0 Å². The molecule has 1 amide bonds. The van der Waals surface area contributed by atoms with Crippen molar-refractivity contribution in [1.82, 2.24) is 4.90 Å². The van der Waals surface area contributed by atoms with Crippen LogP contribution in [0.4, 0.5) is 5.69 Å². The lowest BCUT2D eigenvalue weighted by molar-refractivity contribution is -0.384. The average molecular weight is 352 g/mol. The second-order valence-corrected chi connectivity index (χ2v) is 6.23. The lowest BCUT2D eigenvalue weighted by Crippen LogP contribution is -2.31. The van der Waals surface area contributed by atoms with Crippen LogP contribution < -0.4 is 4.74 Å². The normalized spacial score (nSPS) is 13.6. The van der Waals surface area contributed by atoms with E-state index in [-0.39, 0.29) is 17.6 Å². The summed E-state index contributed by atoms with van der Waals surface area (Å²) in [7, 11) is 1.62. The summed E-state index contributed by atoms with van der Waals surface area (Å²) in [5, 5.41) is 10.8. The third-order valence-electron chi connectivity index (χ3n) is 4.28.